The zero-order valence-corrected chi connectivity index (χ0v) is 12.3. The highest BCUT2D eigenvalue weighted by Gasteiger charge is 2.16. The Bertz CT molecular complexity index is 624. The van der Waals surface area contributed by atoms with E-state index in [4.69, 9.17) is 5.73 Å². The smallest absolute Gasteiger partial charge is 0.272 e. The van der Waals surface area contributed by atoms with Gasteiger partial charge in [0.1, 0.15) is 5.69 Å². The van der Waals surface area contributed by atoms with Gasteiger partial charge in [-0.2, -0.15) is 0 Å². The van der Waals surface area contributed by atoms with Gasteiger partial charge in [-0.15, -0.1) is 0 Å². The summed E-state index contributed by atoms with van der Waals surface area (Å²) in [5, 5.41) is 0.883. The summed E-state index contributed by atoms with van der Waals surface area (Å²) < 4.78 is 0. The molecular formula is C16H21N3O. The minimum Gasteiger partial charge on any atom is -0.398 e. The predicted molar refractivity (Wildman–Crippen MR) is 82.6 cm³/mol. The van der Waals surface area contributed by atoms with Crippen molar-refractivity contribution >= 4 is 22.5 Å². The first-order chi connectivity index (χ1) is 9.52. The van der Waals surface area contributed by atoms with Crippen LogP contribution in [-0.4, -0.2) is 29.4 Å². The lowest BCUT2D eigenvalue weighted by molar-refractivity contribution is 0.0769. The zero-order chi connectivity index (χ0) is 14.7. The van der Waals surface area contributed by atoms with Crippen LogP contribution >= 0.6 is 0 Å². The fraction of sp³-hybridized carbons (Fsp3) is 0.375. The van der Waals surface area contributed by atoms with Crippen LogP contribution in [0.3, 0.4) is 0 Å². The minimum atomic E-state index is -0.0808. The van der Waals surface area contributed by atoms with E-state index in [1.54, 1.807) is 11.0 Å². The van der Waals surface area contributed by atoms with Crippen LogP contribution in [-0.2, 0) is 0 Å². The number of fused-ring (bicyclic) bond motifs is 1. The van der Waals surface area contributed by atoms with Crippen molar-refractivity contribution < 1.29 is 4.79 Å². The molecule has 0 saturated carbocycles. The molecule has 1 heterocycles. The van der Waals surface area contributed by atoms with E-state index in [1.165, 1.54) is 0 Å². The average molecular weight is 271 g/mol. The molecule has 1 aromatic carbocycles. The molecule has 4 heteroatoms. The fourth-order valence-corrected chi connectivity index (χ4v) is 2.19. The maximum atomic E-state index is 12.4. The molecule has 2 N–H and O–H groups in total. The van der Waals surface area contributed by atoms with E-state index < -0.39 is 0 Å². The second-order valence-corrected chi connectivity index (χ2v) is 5.31. The van der Waals surface area contributed by atoms with E-state index >= 15 is 0 Å². The van der Waals surface area contributed by atoms with Gasteiger partial charge in [0.25, 0.3) is 5.91 Å². The quantitative estimate of drug-likeness (QED) is 0.930. The van der Waals surface area contributed by atoms with Gasteiger partial charge in [-0.3, -0.25) is 4.79 Å². The van der Waals surface area contributed by atoms with Gasteiger partial charge >= 0.3 is 0 Å². The molecule has 1 atom stereocenters. The Morgan fingerprint density at radius 1 is 1.40 bits per heavy atom. The van der Waals surface area contributed by atoms with Crippen LogP contribution in [0.25, 0.3) is 10.9 Å². The number of nitrogens with two attached hydrogens (primary N) is 1. The summed E-state index contributed by atoms with van der Waals surface area (Å²) in [5.74, 6) is 0.393. The van der Waals surface area contributed by atoms with Crippen molar-refractivity contribution in [2.45, 2.75) is 20.3 Å². The molecule has 0 aliphatic heterocycles. The lowest BCUT2D eigenvalue weighted by Crippen LogP contribution is -2.31. The number of nitrogens with zero attached hydrogens (tertiary/aromatic N) is 2. The van der Waals surface area contributed by atoms with Gasteiger partial charge < -0.3 is 10.6 Å². The van der Waals surface area contributed by atoms with Crippen molar-refractivity contribution in [1.29, 1.82) is 0 Å². The number of pyridine rings is 1. The second-order valence-electron chi connectivity index (χ2n) is 5.31. The highest BCUT2D eigenvalue weighted by molar-refractivity contribution is 5.99. The highest BCUT2D eigenvalue weighted by Crippen LogP contribution is 2.20. The number of benzene rings is 1. The summed E-state index contributed by atoms with van der Waals surface area (Å²) >= 11 is 0. The number of nitrogen functional groups attached to an aromatic ring is 1. The summed E-state index contributed by atoms with van der Waals surface area (Å²) in [7, 11) is 1.81. The molecule has 0 aliphatic rings. The van der Waals surface area contributed by atoms with Gasteiger partial charge in [0, 0.05) is 24.7 Å². The van der Waals surface area contributed by atoms with E-state index in [0.717, 1.165) is 23.9 Å². The van der Waals surface area contributed by atoms with E-state index in [9.17, 15) is 4.79 Å². The summed E-state index contributed by atoms with van der Waals surface area (Å²) in [4.78, 5) is 18.5. The lowest BCUT2D eigenvalue weighted by atomic mass is 10.1. The molecule has 20 heavy (non-hydrogen) atoms. The standard InChI is InChI=1S/C16H21N3O/c1-4-11(2)10-19(3)16(20)15-9-13(17)12-7-5-6-8-14(12)18-15/h5-9,11H,4,10H2,1-3H3,(H2,17,18). The van der Waals surface area contributed by atoms with Crippen molar-refractivity contribution in [2.75, 3.05) is 19.3 Å². The van der Waals surface area contributed by atoms with Crippen molar-refractivity contribution in [3.8, 4) is 0 Å². The zero-order valence-electron chi connectivity index (χ0n) is 12.3. The van der Waals surface area contributed by atoms with Crippen LogP contribution in [0.1, 0.15) is 30.8 Å². The van der Waals surface area contributed by atoms with Gasteiger partial charge in [-0.1, -0.05) is 38.5 Å². The molecule has 2 rings (SSSR count). The maximum Gasteiger partial charge on any atom is 0.272 e. The number of rotatable bonds is 4. The normalized spacial score (nSPS) is 12.3. The average Bonchev–Trinajstić information content (AvgIpc) is 2.46. The van der Waals surface area contributed by atoms with Gasteiger partial charge in [0.2, 0.25) is 0 Å². The monoisotopic (exact) mass is 271 g/mol. The number of carbonyl (C=O) groups excluding carboxylic acids is 1. The van der Waals surface area contributed by atoms with E-state index in [1.807, 2.05) is 31.3 Å². The molecule has 106 valence electrons. The van der Waals surface area contributed by atoms with Crippen molar-refractivity contribution in [3.05, 3.63) is 36.0 Å². The number of para-hydroxylation sites is 1. The number of amides is 1. The van der Waals surface area contributed by atoms with Crippen LogP contribution in [0.2, 0.25) is 0 Å². The van der Waals surface area contributed by atoms with Crippen molar-refractivity contribution in [2.24, 2.45) is 5.92 Å². The van der Waals surface area contributed by atoms with Gasteiger partial charge in [-0.05, 0) is 18.1 Å². The molecule has 0 radical (unpaired) electrons. The second kappa shape index (κ2) is 5.90. The molecule has 0 bridgehead atoms. The topological polar surface area (TPSA) is 59.2 Å². The van der Waals surface area contributed by atoms with Crippen LogP contribution < -0.4 is 5.73 Å². The number of hydrogen-bond acceptors (Lipinski definition) is 3. The summed E-state index contributed by atoms with van der Waals surface area (Å²) in [6.45, 7) is 4.98. The number of carbonyl (C=O) groups is 1. The molecular weight excluding hydrogens is 250 g/mol. The third-order valence-electron chi connectivity index (χ3n) is 3.60. The molecule has 1 aromatic heterocycles. The largest absolute Gasteiger partial charge is 0.398 e. The van der Waals surface area contributed by atoms with E-state index in [0.29, 0.717) is 17.3 Å². The fourth-order valence-electron chi connectivity index (χ4n) is 2.19. The Balaban J connectivity index is 2.30. The molecule has 2 aromatic rings. The van der Waals surface area contributed by atoms with Crippen LogP contribution in [0.4, 0.5) is 5.69 Å². The Kier molecular flexibility index (Phi) is 4.23. The number of anilines is 1. The summed E-state index contributed by atoms with van der Waals surface area (Å²) in [6, 6.07) is 9.26. The Morgan fingerprint density at radius 2 is 2.10 bits per heavy atom. The van der Waals surface area contributed by atoms with Crippen molar-refractivity contribution in [1.82, 2.24) is 9.88 Å². The highest BCUT2D eigenvalue weighted by atomic mass is 16.2. The Hall–Kier alpha value is -2.10. The molecule has 0 saturated heterocycles. The predicted octanol–water partition coefficient (Wildman–Crippen LogP) is 2.94. The SMILES string of the molecule is CCC(C)CN(C)C(=O)c1cc(N)c2ccccc2n1. The first-order valence-electron chi connectivity index (χ1n) is 6.93. The molecule has 4 nitrogen and oxygen atoms in total. The van der Waals surface area contributed by atoms with E-state index in [-0.39, 0.29) is 5.91 Å². The molecule has 0 aliphatic carbocycles. The van der Waals surface area contributed by atoms with Gasteiger partial charge in [0.15, 0.2) is 0 Å². The summed E-state index contributed by atoms with van der Waals surface area (Å²) in [6.07, 6.45) is 1.05. The number of aromatic nitrogens is 1. The van der Waals surface area contributed by atoms with Crippen molar-refractivity contribution in [3.63, 3.8) is 0 Å². The third kappa shape index (κ3) is 2.90. The van der Waals surface area contributed by atoms with Crippen LogP contribution in [0.15, 0.2) is 30.3 Å². The van der Waals surface area contributed by atoms with Gasteiger partial charge in [-0.25, -0.2) is 4.98 Å². The third-order valence-corrected chi connectivity index (χ3v) is 3.60. The van der Waals surface area contributed by atoms with E-state index in [2.05, 4.69) is 18.8 Å². The lowest BCUT2D eigenvalue weighted by Gasteiger charge is -2.20. The van der Waals surface area contributed by atoms with Gasteiger partial charge in [0.05, 0.1) is 5.52 Å². The first-order valence-corrected chi connectivity index (χ1v) is 6.93. The number of hydrogen-bond donors (Lipinski definition) is 1. The first kappa shape index (κ1) is 14.3. The van der Waals surface area contributed by atoms with Crippen LogP contribution in [0, 0.1) is 5.92 Å². The molecule has 0 spiro atoms. The Labute approximate surface area is 119 Å². The maximum absolute atomic E-state index is 12.4. The molecule has 1 amide bonds. The molecule has 0 fully saturated rings. The Morgan fingerprint density at radius 3 is 2.80 bits per heavy atom. The minimum absolute atomic E-state index is 0.0808. The molecule has 1 unspecified atom stereocenters. The van der Waals surface area contributed by atoms with Crippen LogP contribution in [0.5, 0.6) is 0 Å². The summed E-state index contributed by atoms with van der Waals surface area (Å²) in [5.41, 5.74) is 7.77.